The Morgan fingerprint density at radius 3 is 2.80 bits per heavy atom. The van der Waals surface area contributed by atoms with Crippen molar-refractivity contribution in [3.63, 3.8) is 0 Å². The lowest BCUT2D eigenvalue weighted by molar-refractivity contribution is -0.137. The van der Waals surface area contributed by atoms with Gasteiger partial charge in [0.2, 0.25) is 0 Å². The Labute approximate surface area is 141 Å². The maximum Gasteiger partial charge on any atom is 0.419 e. The van der Waals surface area contributed by atoms with Crippen LogP contribution in [0.25, 0.3) is 16.9 Å². The zero-order valence-electron chi connectivity index (χ0n) is 13.3. The number of nitrogen functional groups attached to an aromatic ring is 1. The van der Waals surface area contributed by atoms with Crippen LogP contribution in [0, 0.1) is 0 Å². The first-order valence-electron chi connectivity index (χ1n) is 7.42. The molecule has 25 heavy (non-hydrogen) atoms. The second-order valence-electron chi connectivity index (χ2n) is 5.38. The van der Waals surface area contributed by atoms with Crippen molar-refractivity contribution in [3.8, 4) is 11.3 Å². The van der Waals surface area contributed by atoms with Gasteiger partial charge in [-0.3, -0.25) is 0 Å². The highest BCUT2D eigenvalue weighted by atomic mass is 19.4. The Balaban J connectivity index is 2.00. The second kappa shape index (κ2) is 6.08. The van der Waals surface area contributed by atoms with Gasteiger partial charge in [0, 0.05) is 17.5 Å². The van der Waals surface area contributed by atoms with Gasteiger partial charge in [0.05, 0.1) is 17.5 Å². The van der Waals surface area contributed by atoms with Gasteiger partial charge in [0.1, 0.15) is 5.82 Å². The molecule has 0 bridgehead atoms. The van der Waals surface area contributed by atoms with E-state index >= 15 is 0 Å². The number of nitrogens with zero attached hydrogens (tertiary/aromatic N) is 4. The third-order valence-electron chi connectivity index (χ3n) is 3.57. The van der Waals surface area contributed by atoms with E-state index in [-0.39, 0.29) is 5.56 Å². The number of imidazole rings is 1. The third-order valence-corrected chi connectivity index (χ3v) is 3.57. The predicted molar refractivity (Wildman–Crippen MR) is 88.7 cm³/mol. The van der Waals surface area contributed by atoms with E-state index in [9.17, 15) is 13.2 Å². The Morgan fingerprint density at radius 2 is 2.12 bits per heavy atom. The van der Waals surface area contributed by atoms with E-state index in [1.54, 1.807) is 18.3 Å². The van der Waals surface area contributed by atoms with Gasteiger partial charge in [-0.05, 0) is 24.6 Å². The fourth-order valence-corrected chi connectivity index (χ4v) is 2.21. The molecular formula is C16H15F3N6. The van der Waals surface area contributed by atoms with Crippen LogP contribution in [0.4, 0.5) is 24.8 Å². The van der Waals surface area contributed by atoms with Crippen molar-refractivity contribution < 1.29 is 13.2 Å². The molecule has 0 spiro atoms. The summed E-state index contributed by atoms with van der Waals surface area (Å²) < 4.78 is 40.4. The Bertz CT molecular complexity index is 945. The van der Waals surface area contributed by atoms with E-state index < -0.39 is 17.6 Å². The van der Waals surface area contributed by atoms with Gasteiger partial charge >= 0.3 is 6.18 Å². The van der Waals surface area contributed by atoms with Gasteiger partial charge in [-0.1, -0.05) is 13.5 Å². The van der Waals surface area contributed by atoms with E-state index in [0.717, 1.165) is 18.2 Å². The molecule has 3 aromatic rings. The number of pyridine rings is 1. The van der Waals surface area contributed by atoms with Crippen molar-refractivity contribution in [2.75, 3.05) is 11.1 Å². The maximum atomic E-state index is 13.0. The van der Waals surface area contributed by atoms with Crippen molar-refractivity contribution in [2.45, 2.75) is 19.5 Å². The largest absolute Gasteiger partial charge is 0.419 e. The molecule has 0 aliphatic heterocycles. The Hall–Kier alpha value is -3.10. The van der Waals surface area contributed by atoms with Crippen LogP contribution >= 0.6 is 0 Å². The average Bonchev–Trinajstić information content (AvgIpc) is 2.95. The summed E-state index contributed by atoms with van der Waals surface area (Å²) in [6.45, 7) is 5.79. The highest BCUT2D eigenvalue weighted by Crippen LogP contribution is 2.34. The first-order chi connectivity index (χ1) is 11.8. The molecule has 6 nitrogen and oxygen atoms in total. The number of nitrogens with two attached hydrogens (primary N) is 1. The molecule has 0 fully saturated rings. The summed E-state index contributed by atoms with van der Waals surface area (Å²) in [6.07, 6.45) is -0.948. The number of alkyl halides is 3. The van der Waals surface area contributed by atoms with Crippen molar-refractivity contribution in [1.29, 1.82) is 0 Å². The molecular weight excluding hydrogens is 333 g/mol. The number of fused-ring (bicyclic) bond motifs is 1. The summed E-state index contributed by atoms with van der Waals surface area (Å²) >= 11 is 0. The van der Waals surface area contributed by atoms with Crippen LogP contribution in [0.1, 0.15) is 18.9 Å². The Morgan fingerprint density at radius 1 is 1.36 bits per heavy atom. The molecule has 0 saturated carbocycles. The molecule has 0 aliphatic carbocycles. The number of rotatable bonds is 4. The van der Waals surface area contributed by atoms with Gasteiger partial charge in [0.25, 0.3) is 0 Å². The predicted octanol–water partition coefficient (Wildman–Crippen LogP) is 3.73. The monoisotopic (exact) mass is 348 g/mol. The summed E-state index contributed by atoms with van der Waals surface area (Å²) in [5, 5.41) is 7.32. The molecule has 0 saturated heterocycles. The van der Waals surface area contributed by atoms with Crippen molar-refractivity contribution >= 4 is 17.3 Å². The molecule has 0 aromatic carbocycles. The van der Waals surface area contributed by atoms with Gasteiger partial charge in [-0.25, -0.2) is 14.5 Å². The SMILES string of the molecule is C=C(CC)Nc1cn2nc(-c3cnc(N)c(C(F)(F)F)c3)ccc2n1. The number of aromatic nitrogens is 4. The number of halogens is 3. The lowest BCUT2D eigenvalue weighted by Gasteiger charge is -2.10. The minimum atomic E-state index is -4.58. The number of anilines is 2. The maximum absolute atomic E-state index is 13.0. The van der Waals surface area contributed by atoms with Crippen LogP contribution in [0.2, 0.25) is 0 Å². The smallest absolute Gasteiger partial charge is 0.383 e. The summed E-state index contributed by atoms with van der Waals surface area (Å²) in [6, 6.07) is 4.17. The van der Waals surface area contributed by atoms with E-state index in [4.69, 9.17) is 5.73 Å². The minimum absolute atomic E-state index is 0.213. The molecule has 3 rings (SSSR count). The minimum Gasteiger partial charge on any atom is -0.383 e. The highest BCUT2D eigenvalue weighted by Gasteiger charge is 2.34. The second-order valence-corrected chi connectivity index (χ2v) is 5.38. The summed E-state index contributed by atoms with van der Waals surface area (Å²) in [5.41, 5.74) is 6.22. The molecule has 130 valence electrons. The van der Waals surface area contributed by atoms with Crippen LogP contribution in [-0.4, -0.2) is 19.6 Å². The van der Waals surface area contributed by atoms with Gasteiger partial charge in [-0.15, -0.1) is 0 Å². The zero-order valence-corrected chi connectivity index (χ0v) is 13.3. The van der Waals surface area contributed by atoms with E-state index in [0.29, 0.717) is 17.2 Å². The normalized spacial score (nSPS) is 11.7. The van der Waals surface area contributed by atoms with Gasteiger partial charge < -0.3 is 11.1 Å². The molecule has 3 aromatic heterocycles. The molecule has 0 atom stereocenters. The van der Waals surface area contributed by atoms with Crippen LogP contribution in [0.15, 0.2) is 42.9 Å². The van der Waals surface area contributed by atoms with Crippen molar-refractivity contribution in [3.05, 3.63) is 48.4 Å². The molecule has 3 heterocycles. The summed E-state index contributed by atoms with van der Waals surface area (Å²) in [5.74, 6) is -0.00700. The number of hydrogen-bond acceptors (Lipinski definition) is 5. The van der Waals surface area contributed by atoms with Gasteiger partial charge in [0.15, 0.2) is 11.5 Å². The Kier molecular flexibility index (Phi) is 4.07. The topological polar surface area (TPSA) is 81.1 Å². The summed E-state index contributed by atoms with van der Waals surface area (Å²) in [4.78, 5) is 7.95. The number of hydrogen-bond donors (Lipinski definition) is 2. The van der Waals surface area contributed by atoms with Crippen molar-refractivity contribution in [2.24, 2.45) is 0 Å². The fraction of sp³-hybridized carbons (Fsp3) is 0.188. The third kappa shape index (κ3) is 3.39. The summed E-state index contributed by atoms with van der Waals surface area (Å²) in [7, 11) is 0. The van der Waals surface area contributed by atoms with E-state index in [1.807, 2.05) is 6.92 Å². The van der Waals surface area contributed by atoms with Crippen LogP contribution in [0.3, 0.4) is 0 Å². The average molecular weight is 348 g/mol. The van der Waals surface area contributed by atoms with Crippen LogP contribution in [-0.2, 0) is 6.18 Å². The molecule has 0 aliphatic rings. The van der Waals surface area contributed by atoms with Crippen LogP contribution < -0.4 is 11.1 Å². The lowest BCUT2D eigenvalue weighted by atomic mass is 10.1. The van der Waals surface area contributed by atoms with Crippen LogP contribution in [0.5, 0.6) is 0 Å². The lowest BCUT2D eigenvalue weighted by Crippen LogP contribution is -2.10. The molecule has 9 heteroatoms. The quantitative estimate of drug-likeness (QED) is 0.751. The number of allylic oxidation sites excluding steroid dienone is 1. The van der Waals surface area contributed by atoms with Crippen molar-refractivity contribution in [1.82, 2.24) is 19.6 Å². The zero-order chi connectivity index (χ0) is 18.2. The molecule has 0 amide bonds. The first kappa shape index (κ1) is 16.7. The molecule has 0 unspecified atom stereocenters. The highest BCUT2D eigenvalue weighted by molar-refractivity contribution is 5.63. The fourth-order valence-electron chi connectivity index (χ4n) is 2.21. The first-order valence-corrected chi connectivity index (χ1v) is 7.42. The standard InChI is InChI=1S/C16H15F3N6/c1-3-9(2)22-13-8-25-14(23-13)5-4-12(24-25)10-6-11(16(17,18)19)15(20)21-7-10/h4-8,22H,2-3H2,1H3,(H2,20,21). The number of nitrogens with one attached hydrogen (secondary N) is 1. The van der Waals surface area contributed by atoms with Gasteiger partial charge in [-0.2, -0.15) is 18.3 Å². The molecule has 3 N–H and O–H groups in total. The van der Waals surface area contributed by atoms with E-state index in [2.05, 4.69) is 27.0 Å². The molecule has 0 radical (unpaired) electrons. The van der Waals surface area contributed by atoms with E-state index in [1.165, 1.54) is 10.7 Å².